The topological polar surface area (TPSA) is 64.6 Å². The summed E-state index contributed by atoms with van der Waals surface area (Å²) >= 11 is 0. The molecule has 0 amide bonds. The Bertz CT molecular complexity index is 747. The minimum atomic E-state index is -0.168. The van der Waals surface area contributed by atoms with E-state index < -0.39 is 0 Å². The largest absolute Gasteiger partial charge is 0.356 e. The van der Waals surface area contributed by atoms with E-state index in [0.29, 0.717) is 0 Å². The molecule has 0 aliphatic rings. The number of rotatable bonds is 58. The van der Waals surface area contributed by atoms with Crippen LogP contribution in [-0.2, 0) is 33.2 Å². The van der Waals surface area contributed by atoms with Crippen LogP contribution in [0.1, 0.15) is 310 Å². The fourth-order valence-electron chi connectivity index (χ4n) is 8.84. The average Bonchev–Trinajstić information content (AvgIpc) is 3.32. The van der Waals surface area contributed by atoms with Gasteiger partial charge in [-0.05, 0) is 77.0 Å². The lowest BCUT2D eigenvalue weighted by atomic mass is 10.0. The summed E-state index contributed by atoms with van der Waals surface area (Å²) in [4.78, 5) is 0. The maximum atomic E-state index is 6.23. The SMILES string of the molecule is CCCCCCCOC(CCCCCCCCCCCCC(OC)OC(CCCCCCCCCCCCC(OCCCCCCC)OCCCCCCC)OC)OCCCCCCC. The van der Waals surface area contributed by atoms with Crippen LogP contribution in [0.2, 0.25) is 0 Å². The molecule has 0 aliphatic heterocycles. The van der Waals surface area contributed by atoms with Crippen LogP contribution >= 0.6 is 0 Å². The third kappa shape index (κ3) is 49.9. The molecule has 7 nitrogen and oxygen atoms in total. The molecule has 0 spiro atoms. The van der Waals surface area contributed by atoms with E-state index in [0.717, 1.165) is 65.0 Å². The van der Waals surface area contributed by atoms with Gasteiger partial charge in [-0.2, -0.15) is 0 Å². The molecule has 0 saturated carbocycles. The molecule has 0 aliphatic carbocycles. The van der Waals surface area contributed by atoms with Crippen molar-refractivity contribution in [3.05, 3.63) is 0 Å². The Morgan fingerprint density at radius 1 is 0.215 bits per heavy atom. The maximum Gasteiger partial charge on any atom is 0.160 e. The molecule has 0 aromatic rings. The predicted molar refractivity (Wildman–Crippen MR) is 280 cm³/mol. The van der Waals surface area contributed by atoms with E-state index >= 15 is 0 Å². The second kappa shape index (κ2) is 56.3. The van der Waals surface area contributed by atoms with Crippen molar-refractivity contribution in [3.63, 3.8) is 0 Å². The average molecular weight is 928 g/mol. The molecule has 0 aromatic heterocycles. The van der Waals surface area contributed by atoms with Crippen molar-refractivity contribution in [2.24, 2.45) is 0 Å². The number of hydrogen-bond donors (Lipinski definition) is 0. The quantitative estimate of drug-likeness (QED) is 0.0445. The molecule has 0 heterocycles. The molecule has 2 atom stereocenters. The first-order valence-electron chi connectivity index (χ1n) is 29.3. The molecule has 0 bridgehead atoms. The highest BCUT2D eigenvalue weighted by atomic mass is 16.8. The summed E-state index contributed by atoms with van der Waals surface area (Å²) in [6.45, 7) is 12.5. The van der Waals surface area contributed by atoms with Crippen LogP contribution in [0.15, 0.2) is 0 Å². The molecule has 0 radical (unpaired) electrons. The van der Waals surface area contributed by atoms with Gasteiger partial charge in [-0.1, -0.05) is 233 Å². The fraction of sp³-hybridized carbons (Fsp3) is 1.00. The second-order valence-electron chi connectivity index (χ2n) is 19.7. The van der Waals surface area contributed by atoms with Crippen LogP contribution in [0.5, 0.6) is 0 Å². The second-order valence-corrected chi connectivity index (χ2v) is 19.7. The number of unbranched alkanes of at least 4 members (excludes halogenated alkanes) is 34. The van der Waals surface area contributed by atoms with Gasteiger partial charge in [0.2, 0.25) is 0 Å². The van der Waals surface area contributed by atoms with E-state index in [1.807, 2.05) is 0 Å². The molecular weight excluding hydrogens is 809 g/mol. The Labute approximate surface area is 407 Å². The number of ether oxygens (including phenoxy) is 7. The maximum absolute atomic E-state index is 6.23. The molecule has 0 fully saturated rings. The highest BCUT2D eigenvalue weighted by Crippen LogP contribution is 2.20. The molecule has 0 saturated heterocycles. The first-order chi connectivity index (χ1) is 32.1. The van der Waals surface area contributed by atoms with E-state index in [1.165, 1.54) is 244 Å². The first kappa shape index (κ1) is 64.7. The number of methoxy groups -OCH3 is 2. The molecule has 392 valence electrons. The summed E-state index contributed by atoms with van der Waals surface area (Å²) in [5, 5.41) is 0. The lowest BCUT2D eigenvalue weighted by Gasteiger charge is -2.23. The van der Waals surface area contributed by atoms with E-state index in [4.69, 9.17) is 33.2 Å². The van der Waals surface area contributed by atoms with Gasteiger partial charge in [0.05, 0.1) is 0 Å². The standard InChI is InChI=1S/C58H118O7/c1-7-11-15-35-43-51-61-57(62-52-44-36-16-12-8-2)49-41-33-29-25-21-19-23-27-31-39-47-55(59-5)65-56(60-6)48-40-32-28-24-20-22-26-30-34-42-50-58(63-53-45-37-17-13-9-3)64-54-46-38-18-14-10-4/h55-58H,7-54H2,1-6H3. The smallest absolute Gasteiger partial charge is 0.160 e. The first-order valence-corrected chi connectivity index (χ1v) is 29.3. The molecular formula is C58H118O7. The van der Waals surface area contributed by atoms with E-state index in [1.54, 1.807) is 14.2 Å². The molecule has 65 heavy (non-hydrogen) atoms. The van der Waals surface area contributed by atoms with Gasteiger partial charge in [0.25, 0.3) is 0 Å². The fourth-order valence-corrected chi connectivity index (χ4v) is 8.84. The lowest BCUT2D eigenvalue weighted by molar-refractivity contribution is -0.233. The molecule has 0 N–H and O–H groups in total. The summed E-state index contributed by atoms with van der Waals surface area (Å²) in [7, 11) is 3.55. The highest BCUT2D eigenvalue weighted by Gasteiger charge is 2.16. The zero-order valence-electron chi connectivity index (χ0n) is 45.1. The van der Waals surface area contributed by atoms with Crippen LogP contribution in [0.4, 0.5) is 0 Å². The molecule has 0 rings (SSSR count). The van der Waals surface area contributed by atoms with Gasteiger partial charge in [-0.3, -0.25) is 0 Å². The van der Waals surface area contributed by atoms with Crippen molar-refractivity contribution < 1.29 is 33.2 Å². The van der Waals surface area contributed by atoms with Crippen molar-refractivity contribution in [2.75, 3.05) is 40.6 Å². The molecule has 2 unspecified atom stereocenters. The van der Waals surface area contributed by atoms with Crippen molar-refractivity contribution in [2.45, 2.75) is 335 Å². The Hall–Kier alpha value is -0.280. The van der Waals surface area contributed by atoms with Crippen molar-refractivity contribution in [1.82, 2.24) is 0 Å². The Morgan fingerprint density at radius 2 is 0.400 bits per heavy atom. The van der Waals surface area contributed by atoms with Crippen LogP contribution in [0.25, 0.3) is 0 Å². The highest BCUT2D eigenvalue weighted by molar-refractivity contribution is 4.57. The Balaban J connectivity index is 3.92. The third-order valence-corrected chi connectivity index (χ3v) is 13.3. The summed E-state index contributed by atoms with van der Waals surface area (Å²) < 4.78 is 42.5. The molecule has 0 aromatic carbocycles. The minimum Gasteiger partial charge on any atom is -0.356 e. The van der Waals surface area contributed by atoms with Gasteiger partial charge in [0.1, 0.15) is 0 Å². The zero-order valence-corrected chi connectivity index (χ0v) is 45.1. The van der Waals surface area contributed by atoms with Gasteiger partial charge < -0.3 is 33.2 Å². The van der Waals surface area contributed by atoms with E-state index in [-0.39, 0.29) is 25.2 Å². The predicted octanol–water partition coefficient (Wildman–Crippen LogP) is 18.9. The van der Waals surface area contributed by atoms with Gasteiger partial charge in [0, 0.05) is 40.6 Å². The summed E-state index contributed by atoms with van der Waals surface area (Å²) in [6, 6.07) is 0. The van der Waals surface area contributed by atoms with Crippen molar-refractivity contribution in [3.8, 4) is 0 Å². The van der Waals surface area contributed by atoms with E-state index in [2.05, 4.69) is 27.7 Å². The Kier molecular flexibility index (Phi) is 56.1. The summed E-state index contributed by atoms with van der Waals surface area (Å²) in [5.74, 6) is 0. The van der Waals surface area contributed by atoms with Gasteiger partial charge in [0.15, 0.2) is 25.2 Å². The van der Waals surface area contributed by atoms with Crippen LogP contribution in [0, 0.1) is 0 Å². The third-order valence-electron chi connectivity index (χ3n) is 13.3. The number of hydrogen-bond acceptors (Lipinski definition) is 7. The summed E-state index contributed by atoms with van der Waals surface area (Å²) in [5.41, 5.74) is 0. The lowest BCUT2D eigenvalue weighted by Crippen LogP contribution is -2.25. The van der Waals surface area contributed by atoms with E-state index in [9.17, 15) is 0 Å². The van der Waals surface area contributed by atoms with Gasteiger partial charge in [-0.25, -0.2) is 0 Å². The van der Waals surface area contributed by atoms with Gasteiger partial charge in [-0.15, -0.1) is 0 Å². The summed E-state index contributed by atoms with van der Waals surface area (Å²) in [6.07, 6.45) is 55.3. The molecule has 7 heteroatoms. The Morgan fingerprint density at radius 3 is 0.615 bits per heavy atom. The van der Waals surface area contributed by atoms with Crippen LogP contribution in [-0.4, -0.2) is 65.8 Å². The van der Waals surface area contributed by atoms with Gasteiger partial charge >= 0.3 is 0 Å². The van der Waals surface area contributed by atoms with Crippen molar-refractivity contribution in [1.29, 1.82) is 0 Å². The minimum absolute atomic E-state index is 0.00266. The van der Waals surface area contributed by atoms with Crippen LogP contribution in [0.3, 0.4) is 0 Å². The normalized spacial score (nSPS) is 12.9. The monoisotopic (exact) mass is 927 g/mol. The van der Waals surface area contributed by atoms with Crippen LogP contribution < -0.4 is 0 Å². The van der Waals surface area contributed by atoms with Crippen molar-refractivity contribution >= 4 is 0 Å². The zero-order chi connectivity index (χ0) is 47.2.